The molecule has 0 aromatic carbocycles. The number of ether oxygens (including phenoxy) is 1. The van der Waals surface area contributed by atoms with Gasteiger partial charge < -0.3 is 21.1 Å². The maximum absolute atomic E-state index is 11.5. The highest BCUT2D eigenvalue weighted by atomic mass is 35.5. The van der Waals surface area contributed by atoms with E-state index < -0.39 is 11.1 Å². The maximum Gasteiger partial charge on any atom is 0.410 e. The van der Waals surface area contributed by atoms with E-state index in [1.165, 1.54) is 0 Å². The zero-order valence-electron chi connectivity index (χ0n) is 9.86. The smallest absolute Gasteiger partial charge is 0.410 e. The highest BCUT2D eigenvalue weighted by molar-refractivity contribution is 5.85. The van der Waals surface area contributed by atoms with E-state index in [2.05, 4.69) is 0 Å². The van der Waals surface area contributed by atoms with Crippen LogP contribution < -0.4 is 11.5 Å². The van der Waals surface area contributed by atoms with Crippen LogP contribution in [-0.2, 0) is 4.74 Å². The molecule has 0 unspecified atom stereocenters. The Kier molecular flexibility index (Phi) is 6.70. The quantitative estimate of drug-likeness (QED) is 0.738. The third kappa shape index (κ3) is 4.74. The van der Waals surface area contributed by atoms with E-state index >= 15 is 0 Å². The minimum absolute atomic E-state index is 0. The first-order chi connectivity index (χ1) is 6.26. The largest absolute Gasteiger partial charge is 0.444 e. The number of carbonyl (C=O) groups excluding carboxylic acids is 1. The van der Waals surface area contributed by atoms with Crippen molar-refractivity contribution in [2.24, 2.45) is 11.5 Å². The van der Waals surface area contributed by atoms with Crippen molar-refractivity contribution < 1.29 is 9.53 Å². The number of hydrogen-bond donors (Lipinski definition) is 2. The summed E-state index contributed by atoms with van der Waals surface area (Å²) in [5.41, 5.74) is 10.4. The number of nitrogens with zero attached hydrogens (tertiary/aromatic N) is 1. The number of rotatable bonds is 1. The second-order valence-electron chi connectivity index (χ2n) is 4.90. The molecule has 7 heteroatoms. The van der Waals surface area contributed by atoms with E-state index in [9.17, 15) is 4.79 Å². The van der Waals surface area contributed by atoms with Gasteiger partial charge in [0.05, 0.1) is 5.54 Å². The molecule has 16 heavy (non-hydrogen) atoms. The lowest BCUT2D eigenvalue weighted by Gasteiger charge is -2.46. The Labute approximate surface area is 109 Å². The van der Waals surface area contributed by atoms with Crippen molar-refractivity contribution in [3.05, 3.63) is 0 Å². The molecule has 5 nitrogen and oxygen atoms in total. The van der Waals surface area contributed by atoms with E-state index in [4.69, 9.17) is 16.2 Å². The first kappa shape index (κ1) is 18.1. The van der Waals surface area contributed by atoms with Gasteiger partial charge in [-0.2, -0.15) is 0 Å². The van der Waals surface area contributed by atoms with Crippen LogP contribution in [0.25, 0.3) is 0 Å². The molecule has 0 saturated carbocycles. The van der Waals surface area contributed by atoms with Gasteiger partial charge in [-0.05, 0) is 20.8 Å². The summed E-state index contributed by atoms with van der Waals surface area (Å²) in [6.07, 6.45) is -0.313. The number of amides is 1. The molecule has 98 valence electrons. The van der Waals surface area contributed by atoms with Crippen molar-refractivity contribution in [3.8, 4) is 0 Å². The summed E-state index contributed by atoms with van der Waals surface area (Å²) in [4.78, 5) is 13.0. The normalized spacial score (nSPS) is 17.7. The van der Waals surface area contributed by atoms with Crippen molar-refractivity contribution in [1.82, 2.24) is 4.90 Å². The Bertz CT molecular complexity index is 237. The number of nitrogens with two attached hydrogens (primary N) is 2. The molecule has 1 fully saturated rings. The molecule has 1 heterocycles. The fourth-order valence-electron chi connectivity index (χ4n) is 1.30. The molecule has 1 rings (SSSR count). The predicted molar refractivity (Wildman–Crippen MR) is 68.3 cm³/mol. The summed E-state index contributed by atoms with van der Waals surface area (Å²) >= 11 is 0. The molecule has 0 radical (unpaired) electrons. The lowest BCUT2D eigenvalue weighted by molar-refractivity contribution is -0.00626. The van der Waals surface area contributed by atoms with Crippen LogP contribution in [0.2, 0.25) is 0 Å². The summed E-state index contributed by atoms with van der Waals surface area (Å²) < 4.78 is 5.17. The first-order valence-corrected chi connectivity index (χ1v) is 4.73. The summed E-state index contributed by atoms with van der Waals surface area (Å²) in [5, 5.41) is 0. The Hall–Kier alpha value is -0.230. The second kappa shape index (κ2) is 5.91. The molecule has 1 amide bonds. The van der Waals surface area contributed by atoms with E-state index in [0.717, 1.165) is 0 Å². The summed E-state index contributed by atoms with van der Waals surface area (Å²) in [6, 6.07) is 0. The summed E-state index contributed by atoms with van der Waals surface area (Å²) in [7, 11) is 0. The Morgan fingerprint density at radius 3 is 2.12 bits per heavy atom. The topological polar surface area (TPSA) is 81.6 Å². The average molecular weight is 274 g/mol. The van der Waals surface area contributed by atoms with Crippen LogP contribution in [0.3, 0.4) is 0 Å². The van der Waals surface area contributed by atoms with Crippen molar-refractivity contribution in [3.63, 3.8) is 0 Å². The standard InChI is InChI=1S/C9H19N3O2.2ClH/c1-8(2,3)14-7(13)12-5-9(11,4-10)6-12;;/h4-6,10-11H2,1-3H3;2*1H. The second-order valence-corrected chi connectivity index (χ2v) is 4.90. The van der Waals surface area contributed by atoms with Crippen LogP contribution in [0.1, 0.15) is 20.8 Å². The zero-order chi connectivity index (χ0) is 11.0. The van der Waals surface area contributed by atoms with Crippen molar-refractivity contribution in [2.75, 3.05) is 19.6 Å². The predicted octanol–water partition coefficient (Wildman–Crippen LogP) is 0.737. The Morgan fingerprint density at radius 2 is 1.81 bits per heavy atom. The molecule has 0 aromatic rings. The van der Waals surface area contributed by atoms with Gasteiger partial charge in [0.1, 0.15) is 5.60 Å². The number of carbonyl (C=O) groups is 1. The van der Waals surface area contributed by atoms with Gasteiger partial charge in [-0.3, -0.25) is 0 Å². The lowest BCUT2D eigenvalue weighted by atomic mass is 9.92. The van der Waals surface area contributed by atoms with Crippen LogP contribution in [0, 0.1) is 0 Å². The molecular formula is C9H21Cl2N3O2. The SMILES string of the molecule is CC(C)(C)OC(=O)N1CC(N)(CN)C1.Cl.Cl. The monoisotopic (exact) mass is 273 g/mol. The van der Waals surface area contributed by atoms with E-state index in [-0.39, 0.29) is 30.9 Å². The fraction of sp³-hybridized carbons (Fsp3) is 0.889. The van der Waals surface area contributed by atoms with Gasteiger partial charge in [-0.15, -0.1) is 24.8 Å². The highest BCUT2D eigenvalue weighted by Gasteiger charge is 2.42. The zero-order valence-corrected chi connectivity index (χ0v) is 11.5. The van der Waals surface area contributed by atoms with Gasteiger partial charge in [0.2, 0.25) is 0 Å². The van der Waals surface area contributed by atoms with Gasteiger partial charge >= 0.3 is 6.09 Å². The van der Waals surface area contributed by atoms with Gasteiger partial charge in [-0.25, -0.2) is 4.79 Å². The van der Waals surface area contributed by atoms with Gasteiger partial charge in [0, 0.05) is 19.6 Å². The van der Waals surface area contributed by atoms with Crippen LogP contribution >= 0.6 is 24.8 Å². The molecule has 4 N–H and O–H groups in total. The molecule has 1 aliphatic heterocycles. The van der Waals surface area contributed by atoms with Crippen LogP contribution in [0.15, 0.2) is 0 Å². The molecule has 0 spiro atoms. The van der Waals surface area contributed by atoms with Gasteiger partial charge in [-0.1, -0.05) is 0 Å². The third-order valence-electron chi connectivity index (χ3n) is 2.07. The van der Waals surface area contributed by atoms with Crippen LogP contribution in [-0.4, -0.2) is 41.8 Å². The van der Waals surface area contributed by atoms with Crippen molar-refractivity contribution in [2.45, 2.75) is 31.9 Å². The Morgan fingerprint density at radius 1 is 1.38 bits per heavy atom. The number of halogens is 2. The van der Waals surface area contributed by atoms with E-state index in [1.54, 1.807) is 4.90 Å². The lowest BCUT2D eigenvalue weighted by Crippen LogP contribution is -2.72. The number of hydrogen-bond acceptors (Lipinski definition) is 4. The summed E-state index contributed by atoms with van der Waals surface area (Å²) in [5.74, 6) is 0. The first-order valence-electron chi connectivity index (χ1n) is 4.73. The summed E-state index contributed by atoms with van der Waals surface area (Å²) in [6.45, 7) is 6.87. The van der Waals surface area contributed by atoms with Crippen LogP contribution in [0.5, 0.6) is 0 Å². The minimum atomic E-state index is -0.452. The molecule has 1 aliphatic rings. The van der Waals surface area contributed by atoms with E-state index in [1.807, 2.05) is 20.8 Å². The molecular weight excluding hydrogens is 253 g/mol. The molecule has 1 saturated heterocycles. The fourth-order valence-corrected chi connectivity index (χ4v) is 1.30. The van der Waals surface area contributed by atoms with Gasteiger partial charge in [0.25, 0.3) is 0 Å². The highest BCUT2D eigenvalue weighted by Crippen LogP contribution is 2.20. The molecule has 0 bridgehead atoms. The number of likely N-dealkylation sites (tertiary alicyclic amines) is 1. The van der Waals surface area contributed by atoms with E-state index in [0.29, 0.717) is 19.6 Å². The Balaban J connectivity index is 0. The molecule has 0 aromatic heterocycles. The average Bonchev–Trinajstić information content (AvgIpc) is 1.95. The van der Waals surface area contributed by atoms with Crippen molar-refractivity contribution >= 4 is 30.9 Å². The van der Waals surface area contributed by atoms with Gasteiger partial charge in [0.15, 0.2) is 0 Å². The molecule has 0 atom stereocenters. The van der Waals surface area contributed by atoms with Crippen LogP contribution in [0.4, 0.5) is 4.79 Å². The minimum Gasteiger partial charge on any atom is -0.444 e. The molecule has 0 aliphatic carbocycles. The maximum atomic E-state index is 11.5. The van der Waals surface area contributed by atoms with Crippen molar-refractivity contribution in [1.29, 1.82) is 0 Å². The third-order valence-corrected chi connectivity index (χ3v) is 2.07.